The molecule has 0 amide bonds. The number of nitrogens with zero attached hydrogens (tertiary/aromatic N) is 3. The fraction of sp³-hybridized carbons (Fsp3) is 0.321. The second-order valence-corrected chi connectivity index (χ2v) is 8.63. The molecule has 2 heterocycles. The maximum absolute atomic E-state index is 9.55. The van der Waals surface area contributed by atoms with Crippen LogP contribution in [0.5, 0.6) is 5.75 Å². The van der Waals surface area contributed by atoms with Crippen LogP contribution in [0.1, 0.15) is 12.0 Å². The number of ether oxygens (including phenoxy) is 1. The Morgan fingerprint density at radius 2 is 1.65 bits per heavy atom. The highest BCUT2D eigenvalue weighted by molar-refractivity contribution is 5.89. The van der Waals surface area contributed by atoms with Crippen molar-refractivity contribution in [1.29, 1.82) is 0 Å². The zero-order valence-electron chi connectivity index (χ0n) is 21.3. The Labute approximate surface area is 217 Å². The van der Waals surface area contributed by atoms with Crippen molar-refractivity contribution < 1.29 is 24.5 Å². The van der Waals surface area contributed by atoms with Gasteiger partial charge in [0.05, 0.1) is 18.3 Å². The number of aromatic nitrogens is 1. The van der Waals surface area contributed by atoms with E-state index in [0.717, 1.165) is 62.8 Å². The van der Waals surface area contributed by atoms with Gasteiger partial charge in [-0.05, 0) is 49.7 Å². The van der Waals surface area contributed by atoms with Crippen LogP contribution in [0.15, 0.2) is 66.7 Å². The lowest BCUT2D eigenvalue weighted by Gasteiger charge is -2.36. The van der Waals surface area contributed by atoms with Crippen molar-refractivity contribution in [3.8, 4) is 5.75 Å². The lowest BCUT2D eigenvalue weighted by Crippen LogP contribution is -2.46. The van der Waals surface area contributed by atoms with E-state index in [1.165, 1.54) is 16.6 Å². The van der Waals surface area contributed by atoms with Gasteiger partial charge in [-0.2, -0.15) is 0 Å². The molecule has 1 aromatic heterocycles. The zero-order chi connectivity index (χ0) is 26.6. The van der Waals surface area contributed by atoms with Crippen molar-refractivity contribution >= 4 is 34.3 Å². The molecule has 0 spiro atoms. The van der Waals surface area contributed by atoms with Crippen LogP contribution in [0.4, 0.5) is 11.5 Å². The summed E-state index contributed by atoms with van der Waals surface area (Å²) in [5.74, 6) is -0.578. The van der Waals surface area contributed by atoms with Gasteiger partial charge in [-0.25, -0.2) is 14.6 Å². The summed E-state index contributed by atoms with van der Waals surface area (Å²) < 4.78 is 5.51. The fourth-order valence-corrected chi connectivity index (χ4v) is 4.21. The van der Waals surface area contributed by atoms with Crippen LogP contribution >= 0.6 is 0 Å². The minimum absolute atomic E-state index is 0.558. The zero-order valence-corrected chi connectivity index (χ0v) is 21.3. The van der Waals surface area contributed by atoms with Crippen molar-refractivity contribution in [2.75, 3.05) is 56.6 Å². The number of nitrogens with one attached hydrogen (secondary N) is 1. The van der Waals surface area contributed by atoms with Gasteiger partial charge in [-0.1, -0.05) is 30.3 Å². The van der Waals surface area contributed by atoms with E-state index in [9.17, 15) is 9.59 Å². The van der Waals surface area contributed by atoms with Gasteiger partial charge in [0.2, 0.25) is 0 Å². The van der Waals surface area contributed by atoms with Gasteiger partial charge in [0.25, 0.3) is 0 Å². The molecular formula is C28H34N4O5. The summed E-state index contributed by atoms with van der Waals surface area (Å²) in [7, 11) is 1.74. The number of methoxy groups -OCH3 is 1. The molecule has 1 fully saturated rings. The molecule has 9 heteroatoms. The maximum Gasteiger partial charge on any atom is 0.328 e. The van der Waals surface area contributed by atoms with Crippen LogP contribution in [0.25, 0.3) is 10.9 Å². The van der Waals surface area contributed by atoms with Crippen LogP contribution in [0.3, 0.4) is 0 Å². The number of aliphatic carboxylic acids is 2. The molecule has 0 unspecified atom stereocenters. The van der Waals surface area contributed by atoms with E-state index >= 15 is 0 Å². The highest BCUT2D eigenvalue weighted by Crippen LogP contribution is 2.28. The first-order chi connectivity index (χ1) is 17.9. The molecular weight excluding hydrogens is 472 g/mol. The summed E-state index contributed by atoms with van der Waals surface area (Å²) in [6, 6.07) is 18.8. The van der Waals surface area contributed by atoms with E-state index in [4.69, 9.17) is 19.9 Å². The van der Waals surface area contributed by atoms with E-state index < -0.39 is 11.9 Å². The molecule has 0 saturated carbocycles. The Balaban J connectivity index is 0.000000414. The summed E-state index contributed by atoms with van der Waals surface area (Å²) in [5, 5.41) is 20.4. The molecule has 4 rings (SSSR count). The number of aryl methyl sites for hydroxylation is 1. The van der Waals surface area contributed by atoms with Crippen LogP contribution in [-0.4, -0.2) is 78.4 Å². The van der Waals surface area contributed by atoms with Crippen LogP contribution < -0.4 is 15.0 Å². The summed E-state index contributed by atoms with van der Waals surface area (Å²) in [5.41, 5.74) is 3.53. The molecule has 0 atom stereocenters. The van der Waals surface area contributed by atoms with Gasteiger partial charge >= 0.3 is 11.9 Å². The quantitative estimate of drug-likeness (QED) is 0.294. The number of anilines is 2. The predicted octanol–water partition coefficient (Wildman–Crippen LogP) is 3.89. The average Bonchev–Trinajstić information content (AvgIpc) is 2.91. The number of hydrogen-bond acceptors (Lipinski definition) is 7. The minimum Gasteiger partial charge on any atom is -0.495 e. The molecule has 37 heavy (non-hydrogen) atoms. The van der Waals surface area contributed by atoms with Crippen molar-refractivity contribution in [2.24, 2.45) is 0 Å². The number of carboxylic acid groups (broad SMARTS) is 2. The molecule has 0 bridgehead atoms. The van der Waals surface area contributed by atoms with Crippen molar-refractivity contribution in [1.82, 2.24) is 9.88 Å². The average molecular weight is 507 g/mol. The van der Waals surface area contributed by atoms with Crippen molar-refractivity contribution in [3.05, 3.63) is 72.3 Å². The molecule has 1 saturated heterocycles. The third-order valence-corrected chi connectivity index (χ3v) is 6.05. The first kappa shape index (κ1) is 27.5. The third-order valence-electron chi connectivity index (χ3n) is 6.05. The van der Waals surface area contributed by atoms with Gasteiger partial charge in [-0.15, -0.1) is 0 Å². The summed E-state index contributed by atoms with van der Waals surface area (Å²) in [6.07, 6.45) is 2.23. The smallest absolute Gasteiger partial charge is 0.328 e. The molecule has 0 radical (unpaired) electrons. The lowest BCUT2D eigenvalue weighted by atomic mass is 10.1. The van der Waals surface area contributed by atoms with Gasteiger partial charge in [0, 0.05) is 50.3 Å². The first-order valence-corrected chi connectivity index (χ1v) is 12.2. The number of pyridine rings is 1. The molecule has 1 aliphatic rings. The number of carboxylic acids is 2. The Morgan fingerprint density at radius 3 is 2.32 bits per heavy atom. The second-order valence-electron chi connectivity index (χ2n) is 8.63. The van der Waals surface area contributed by atoms with E-state index in [2.05, 4.69) is 58.4 Å². The highest BCUT2D eigenvalue weighted by atomic mass is 16.5. The van der Waals surface area contributed by atoms with Crippen molar-refractivity contribution in [3.63, 3.8) is 0 Å². The molecule has 2 aromatic carbocycles. The topological polar surface area (TPSA) is 115 Å². The number of rotatable bonds is 9. The summed E-state index contributed by atoms with van der Waals surface area (Å²) in [6.45, 7) is 8.46. The Bertz CT molecular complexity index is 1210. The Hall–Kier alpha value is -4.11. The number of fused-ring (bicyclic) bond motifs is 1. The second kappa shape index (κ2) is 13.8. The molecule has 1 aliphatic heterocycles. The van der Waals surface area contributed by atoms with E-state index in [1.54, 1.807) is 7.11 Å². The lowest BCUT2D eigenvalue weighted by molar-refractivity contribution is -0.134. The molecule has 3 aromatic rings. The summed E-state index contributed by atoms with van der Waals surface area (Å²) in [4.78, 5) is 28.8. The number of hydrogen-bond donors (Lipinski definition) is 3. The van der Waals surface area contributed by atoms with Gasteiger partial charge in [0.15, 0.2) is 0 Å². The van der Waals surface area contributed by atoms with Gasteiger partial charge < -0.3 is 25.2 Å². The molecule has 3 N–H and O–H groups in total. The van der Waals surface area contributed by atoms with Crippen LogP contribution in [-0.2, 0) is 9.59 Å². The monoisotopic (exact) mass is 506 g/mol. The predicted molar refractivity (Wildman–Crippen MR) is 146 cm³/mol. The first-order valence-electron chi connectivity index (χ1n) is 12.2. The SMILES string of the molecule is COc1ccccc1N1CCN(CCCNc2cc(C)c3ccccc3n2)CC1.O=C(O)C=CC(=O)O. The Kier molecular flexibility index (Phi) is 10.3. The normalized spacial score (nSPS) is 13.7. The Morgan fingerprint density at radius 1 is 1.00 bits per heavy atom. The fourth-order valence-electron chi connectivity index (χ4n) is 4.21. The minimum atomic E-state index is -1.26. The third kappa shape index (κ3) is 8.50. The molecule has 196 valence electrons. The van der Waals surface area contributed by atoms with E-state index in [0.29, 0.717) is 12.2 Å². The largest absolute Gasteiger partial charge is 0.495 e. The number of para-hydroxylation sites is 3. The molecule has 9 nitrogen and oxygen atoms in total. The maximum atomic E-state index is 9.55. The van der Waals surface area contributed by atoms with Gasteiger partial charge in [0.1, 0.15) is 11.6 Å². The number of carbonyl (C=O) groups is 2. The number of piperazine rings is 1. The van der Waals surface area contributed by atoms with Crippen molar-refractivity contribution in [2.45, 2.75) is 13.3 Å². The highest BCUT2D eigenvalue weighted by Gasteiger charge is 2.19. The molecule has 0 aliphatic carbocycles. The van der Waals surface area contributed by atoms with Crippen LogP contribution in [0.2, 0.25) is 0 Å². The summed E-state index contributed by atoms with van der Waals surface area (Å²) >= 11 is 0. The number of benzene rings is 2. The standard InChI is InChI=1S/C24H30N4O.C4H4O4/c1-19-18-24(26-21-9-4-3-8-20(19)21)25-12-7-13-27-14-16-28(17-15-27)22-10-5-6-11-23(22)29-2;5-3(6)1-2-4(7)8/h3-6,8-11,18H,7,12-17H2,1-2H3,(H,25,26);1-2H,(H,5,6)(H,7,8). The van der Waals surface area contributed by atoms with E-state index in [-0.39, 0.29) is 0 Å². The van der Waals surface area contributed by atoms with E-state index in [1.807, 2.05) is 18.2 Å². The van der Waals surface area contributed by atoms with Gasteiger partial charge in [-0.3, -0.25) is 4.90 Å². The van der Waals surface area contributed by atoms with Crippen LogP contribution in [0, 0.1) is 6.92 Å².